The highest BCUT2D eigenvalue weighted by atomic mass is 32.2. The van der Waals surface area contributed by atoms with E-state index in [2.05, 4.69) is 4.72 Å². The molecule has 0 atom stereocenters. The second kappa shape index (κ2) is 6.59. The van der Waals surface area contributed by atoms with Crippen molar-refractivity contribution in [1.29, 1.82) is 0 Å². The van der Waals surface area contributed by atoms with Crippen LogP contribution in [0.1, 0.15) is 15.9 Å². The second-order valence-corrected chi connectivity index (χ2v) is 6.27. The number of hydrogen-bond acceptors (Lipinski definition) is 4. The summed E-state index contributed by atoms with van der Waals surface area (Å²) in [5, 5.41) is 8.80. The first-order valence-corrected chi connectivity index (χ1v) is 7.86. The molecule has 0 fully saturated rings. The average Bonchev–Trinajstić information content (AvgIpc) is 2.53. The van der Waals surface area contributed by atoms with E-state index in [0.717, 1.165) is 5.56 Å². The number of ether oxygens (including phenoxy) is 1. The molecule has 2 aromatic carbocycles. The van der Waals surface area contributed by atoms with E-state index in [1.54, 1.807) is 24.3 Å². The first-order chi connectivity index (χ1) is 10.4. The van der Waals surface area contributed by atoms with Gasteiger partial charge < -0.3 is 9.84 Å². The summed E-state index contributed by atoms with van der Waals surface area (Å²) < 4.78 is 31.8. The Morgan fingerprint density at radius 3 is 2.45 bits per heavy atom. The minimum Gasteiger partial charge on any atom is -0.497 e. The number of aromatic carboxylic acids is 1. The summed E-state index contributed by atoms with van der Waals surface area (Å²) in [5.41, 5.74) is 0.789. The van der Waals surface area contributed by atoms with Gasteiger partial charge in [-0.15, -0.1) is 0 Å². The van der Waals surface area contributed by atoms with E-state index in [9.17, 15) is 13.2 Å². The molecule has 0 spiro atoms. The van der Waals surface area contributed by atoms with E-state index >= 15 is 0 Å². The van der Waals surface area contributed by atoms with Gasteiger partial charge in [-0.25, -0.2) is 17.9 Å². The number of nitrogens with one attached hydrogen (secondary N) is 1. The van der Waals surface area contributed by atoms with Crippen LogP contribution in [0.3, 0.4) is 0 Å². The summed E-state index contributed by atoms with van der Waals surface area (Å²) in [6, 6.07) is 12.1. The van der Waals surface area contributed by atoms with Gasteiger partial charge in [-0.2, -0.15) is 0 Å². The van der Waals surface area contributed by atoms with Crippen molar-refractivity contribution in [3.63, 3.8) is 0 Å². The monoisotopic (exact) mass is 321 g/mol. The van der Waals surface area contributed by atoms with Crippen LogP contribution in [0.2, 0.25) is 0 Å². The molecule has 0 radical (unpaired) electrons. The molecule has 0 amide bonds. The predicted octanol–water partition coefficient (Wildman–Crippen LogP) is 1.87. The first-order valence-electron chi connectivity index (χ1n) is 6.38. The second-order valence-electron chi connectivity index (χ2n) is 4.51. The third-order valence-electron chi connectivity index (χ3n) is 3.01. The Morgan fingerprint density at radius 1 is 1.18 bits per heavy atom. The number of methoxy groups -OCH3 is 1. The molecule has 0 saturated carbocycles. The number of hydrogen-bond donors (Lipinski definition) is 2. The van der Waals surface area contributed by atoms with Gasteiger partial charge in [0, 0.05) is 6.54 Å². The molecule has 7 heteroatoms. The van der Waals surface area contributed by atoms with Crippen LogP contribution in [0.25, 0.3) is 0 Å². The van der Waals surface area contributed by atoms with Crippen LogP contribution in [0.4, 0.5) is 0 Å². The van der Waals surface area contributed by atoms with E-state index in [-0.39, 0.29) is 17.0 Å². The normalized spacial score (nSPS) is 11.1. The van der Waals surface area contributed by atoms with Gasteiger partial charge >= 0.3 is 5.97 Å². The SMILES string of the molecule is COc1cccc(CNS(=O)(=O)c2ccc(C(=O)O)cc2)c1. The van der Waals surface area contributed by atoms with Gasteiger partial charge in [-0.05, 0) is 42.0 Å². The van der Waals surface area contributed by atoms with Gasteiger partial charge in [0.2, 0.25) is 10.0 Å². The molecule has 0 heterocycles. The molecule has 116 valence electrons. The van der Waals surface area contributed by atoms with Crippen molar-refractivity contribution < 1.29 is 23.1 Å². The summed E-state index contributed by atoms with van der Waals surface area (Å²) in [5.74, 6) is -0.462. The molecule has 0 saturated heterocycles. The van der Waals surface area contributed by atoms with Crippen molar-refractivity contribution in [2.75, 3.05) is 7.11 Å². The fourth-order valence-electron chi connectivity index (χ4n) is 1.82. The summed E-state index contributed by atoms with van der Waals surface area (Å²) in [7, 11) is -2.17. The van der Waals surface area contributed by atoms with Crippen molar-refractivity contribution in [3.8, 4) is 5.75 Å². The number of rotatable bonds is 6. The average molecular weight is 321 g/mol. The number of carboxylic acids is 1. The van der Waals surface area contributed by atoms with Gasteiger partial charge in [-0.3, -0.25) is 0 Å². The van der Waals surface area contributed by atoms with Gasteiger partial charge in [0.1, 0.15) is 5.75 Å². The predicted molar refractivity (Wildman–Crippen MR) is 80.4 cm³/mol. The molecule has 2 aromatic rings. The Kier molecular flexibility index (Phi) is 4.79. The highest BCUT2D eigenvalue weighted by Gasteiger charge is 2.14. The minimum absolute atomic E-state index is 0.0143. The summed E-state index contributed by atoms with van der Waals surface area (Å²) in [6.07, 6.45) is 0. The van der Waals surface area contributed by atoms with Crippen molar-refractivity contribution in [2.24, 2.45) is 0 Å². The largest absolute Gasteiger partial charge is 0.497 e. The van der Waals surface area contributed by atoms with Gasteiger partial charge in [0.05, 0.1) is 17.6 Å². The Hall–Kier alpha value is -2.38. The summed E-state index contributed by atoms with van der Waals surface area (Å²) in [4.78, 5) is 10.8. The van der Waals surface area contributed by atoms with Crippen LogP contribution in [0.5, 0.6) is 5.75 Å². The first kappa shape index (κ1) is 16.0. The molecule has 0 bridgehead atoms. The van der Waals surface area contributed by atoms with Crippen LogP contribution >= 0.6 is 0 Å². The number of carboxylic acid groups (broad SMARTS) is 1. The summed E-state index contributed by atoms with van der Waals surface area (Å²) in [6.45, 7) is 0.111. The zero-order valence-corrected chi connectivity index (χ0v) is 12.6. The molecule has 0 unspecified atom stereocenters. The lowest BCUT2D eigenvalue weighted by atomic mass is 10.2. The molecule has 0 aliphatic carbocycles. The minimum atomic E-state index is -3.70. The molecular weight excluding hydrogens is 306 g/mol. The maximum Gasteiger partial charge on any atom is 0.335 e. The van der Waals surface area contributed by atoms with Crippen molar-refractivity contribution in [2.45, 2.75) is 11.4 Å². The molecular formula is C15H15NO5S. The van der Waals surface area contributed by atoms with Crippen LogP contribution in [-0.4, -0.2) is 26.6 Å². The smallest absolute Gasteiger partial charge is 0.335 e. The molecule has 22 heavy (non-hydrogen) atoms. The molecule has 2 rings (SSSR count). The fraction of sp³-hybridized carbons (Fsp3) is 0.133. The Bertz CT molecular complexity index is 769. The van der Waals surface area contributed by atoms with Crippen LogP contribution < -0.4 is 9.46 Å². The molecule has 2 N–H and O–H groups in total. The number of benzene rings is 2. The quantitative estimate of drug-likeness (QED) is 0.847. The zero-order valence-electron chi connectivity index (χ0n) is 11.8. The third-order valence-corrected chi connectivity index (χ3v) is 4.43. The van der Waals surface area contributed by atoms with E-state index < -0.39 is 16.0 Å². The number of carbonyl (C=O) groups is 1. The van der Waals surface area contributed by atoms with Crippen molar-refractivity contribution >= 4 is 16.0 Å². The van der Waals surface area contributed by atoms with Gasteiger partial charge in [0.25, 0.3) is 0 Å². The lowest BCUT2D eigenvalue weighted by Crippen LogP contribution is -2.23. The zero-order chi connectivity index (χ0) is 16.2. The lowest BCUT2D eigenvalue weighted by molar-refractivity contribution is 0.0696. The highest BCUT2D eigenvalue weighted by molar-refractivity contribution is 7.89. The lowest BCUT2D eigenvalue weighted by Gasteiger charge is -2.08. The Balaban J connectivity index is 2.11. The highest BCUT2D eigenvalue weighted by Crippen LogP contribution is 2.14. The fourth-order valence-corrected chi connectivity index (χ4v) is 2.84. The maximum atomic E-state index is 12.2. The van der Waals surface area contributed by atoms with Crippen molar-refractivity contribution in [1.82, 2.24) is 4.72 Å². The maximum absolute atomic E-state index is 12.2. The Morgan fingerprint density at radius 2 is 1.86 bits per heavy atom. The van der Waals surface area contributed by atoms with Gasteiger partial charge in [0.15, 0.2) is 0 Å². The van der Waals surface area contributed by atoms with Gasteiger partial charge in [-0.1, -0.05) is 12.1 Å². The van der Waals surface area contributed by atoms with E-state index in [1.165, 1.54) is 31.4 Å². The van der Waals surface area contributed by atoms with E-state index in [4.69, 9.17) is 9.84 Å². The van der Waals surface area contributed by atoms with E-state index in [1.807, 2.05) is 0 Å². The molecule has 0 aromatic heterocycles. The third kappa shape index (κ3) is 3.84. The topological polar surface area (TPSA) is 92.7 Å². The molecule has 6 nitrogen and oxygen atoms in total. The van der Waals surface area contributed by atoms with Crippen LogP contribution in [0.15, 0.2) is 53.4 Å². The van der Waals surface area contributed by atoms with Crippen molar-refractivity contribution in [3.05, 3.63) is 59.7 Å². The van der Waals surface area contributed by atoms with Crippen LogP contribution in [-0.2, 0) is 16.6 Å². The summed E-state index contributed by atoms with van der Waals surface area (Å²) >= 11 is 0. The van der Waals surface area contributed by atoms with Crippen LogP contribution in [0, 0.1) is 0 Å². The number of sulfonamides is 1. The molecule has 0 aliphatic rings. The Labute approximate surface area is 128 Å². The van der Waals surface area contributed by atoms with E-state index in [0.29, 0.717) is 5.75 Å². The standard InChI is InChI=1S/C15H15NO5S/c1-21-13-4-2-3-11(9-13)10-16-22(19,20)14-7-5-12(6-8-14)15(17)18/h2-9,16H,10H2,1H3,(H,17,18). The molecule has 0 aliphatic heterocycles.